The van der Waals surface area contributed by atoms with Gasteiger partial charge >= 0.3 is 0 Å². The van der Waals surface area contributed by atoms with E-state index >= 15 is 0 Å². The zero-order valence-corrected chi connectivity index (χ0v) is 11.3. The highest BCUT2D eigenvalue weighted by atomic mass is 16.5. The number of nitrogens with one attached hydrogen (secondary N) is 1. The summed E-state index contributed by atoms with van der Waals surface area (Å²) in [6.45, 7) is 5.34. The van der Waals surface area contributed by atoms with Crippen molar-refractivity contribution in [1.29, 1.82) is 0 Å². The molecule has 0 aliphatic heterocycles. The Bertz CT molecular complexity index is 543. The van der Waals surface area contributed by atoms with Gasteiger partial charge in [0, 0.05) is 24.9 Å². The molecule has 2 aromatic heterocycles. The molecule has 1 fully saturated rings. The molecule has 0 bridgehead atoms. The van der Waals surface area contributed by atoms with Gasteiger partial charge in [0.1, 0.15) is 17.8 Å². The van der Waals surface area contributed by atoms with E-state index in [2.05, 4.69) is 24.7 Å². The monoisotopic (exact) mass is 261 g/mol. The molecule has 6 heteroatoms. The topological polar surface area (TPSA) is 68.6 Å². The molecule has 1 saturated carbocycles. The summed E-state index contributed by atoms with van der Waals surface area (Å²) >= 11 is 0. The van der Waals surface area contributed by atoms with E-state index < -0.39 is 0 Å². The minimum atomic E-state index is -0.00850. The molecule has 2 aromatic rings. The van der Waals surface area contributed by atoms with Gasteiger partial charge in [-0.05, 0) is 26.7 Å². The molecule has 1 aliphatic carbocycles. The number of nitrogens with zero attached hydrogens (tertiary/aromatic N) is 4. The van der Waals surface area contributed by atoms with Gasteiger partial charge in [0.15, 0.2) is 5.82 Å². The van der Waals surface area contributed by atoms with E-state index in [1.807, 2.05) is 20.0 Å². The first kappa shape index (κ1) is 12.3. The number of hydrogen-bond donors (Lipinski definition) is 1. The van der Waals surface area contributed by atoms with E-state index in [4.69, 9.17) is 4.74 Å². The maximum atomic E-state index is 5.59. The third-order valence-corrected chi connectivity index (χ3v) is 3.34. The Kier molecular flexibility index (Phi) is 3.33. The lowest BCUT2D eigenvalue weighted by Crippen LogP contribution is -2.11. The Morgan fingerprint density at radius 1 is 1.53 bits per heavy atom. The van der Waals surface area contributed by atoms with Gasteiger partial charge in [-0.1, -0.05) is 0 Å². The maximum absolute atomic E-state index is 5.59. The molecule has 19 heavy (non-hydrogen) atoms. The van der Waals surface area contributed by atoms with Gasteiger partial charge in [0.2, 0.25) is 0 Å². The number of hydrogen-bond acceptors (Lipinski definition) is 4. The Hall–Kier alpha value is -1.69. The van der Waals surface area contributed by atoms with Gasteiger partial charge in [0.25, 0.3) is 0 Å². The molecular weight excluding hydrogens is 242 g/mol. The normalized spacial score (nSPS) is 16.7. The fraction of sp³-hybridized carbons (Fsp3) is 0.615. The first-order valence-electron chi connectivity index (χ1n) is 6.81. The van der Waals surface area contributed by atoms with E-state index in [1.54, 1.807) is 6.20 Å². The Balaban J connectivity index is 1.73. The van der Waals surface area contributed by atoms with Crippen molar-refractivity contribution in [3.8, 4) is 0 Å². The van der Waals surface area contributed by atoms with Crippen molar-refractivity contribution in [2.24, 2.45) is 0 Å². The lowest BCUT2D eigenvalue weighted by molar-refractivity contribution is 0.0677. The molecule has 0 aromatic carbocycles. The summed E-state index contributed by atoms with van der Waals surface area (Å²) < 4.78 is 7.64. The van der Waals surface area contributed by atoms with Gasteiger partial charge in [-0.15, -0.1) is 0 Å². The van der Waals surface area contributed by atoms with E-state index in [-0.39, 0.29) is 6.10 Å². The van der Waals surface area contributed by atoms with E-state index in [0.717, 1.165) is 17.5 Å². The quantitative estimate of drug-likeness (QED) is 0.863. The molecule has 2 heterocycles. The Morgan fingerprint density at radius 2 is 2.37 bits per heavy atom. The predicted octanol–water partition coefficient (Wildman–Crippen LogP) is 2.02. The smallest absolute Gasteiger partial charge is 0.153 e. The Morgan fingerprint density at radius 3 is 3.11 bits per heavy atom. The molecule has 0 saturated heterocycles. The lowest BCUT2D eigenvalue weighted by Gasteiger charge is -2.12. The van der Waals surface area contributed by atoms with Crippen LogP contribution in [-0.4, -0.2) is 31.3 Å². The average Bonchev–Trinajstić information content (AvgIpc) is 2.97. The summed E-state index contributed by atoms with van der Waals surface area (Å²) in [4.78, 5) is 8.90. The van der Waals surface area contributed by atoms with Gasteiger partial charge in [0.05, 0.1) is 6.54 Å². The lowest BCUT2D eigenvalue weighted by atomic mass is 10.3. The summed E-state index contributed by atoms with van der Waals surface area (Å²) in [7, 11) is 0. The summed E-state index contributed by atoms with van der Waals surface area (Å²) in [6, 6.07) is 0. The molecule has 0 radical (unpaired) electrons. The van der Waals surface area contributed by atoms with Crippen molar-refractivity contribution in [3.63, 3.8) is 0 Å². The first-order valence-corrected chi connectivity index (χ1v) is 6.81. The first-order chi connectivity index (χ1) is 9.28. The molecule has 6 nitrogen and oxygen atoms in total. The minimum Gasteiger partial charge on any atom is -0.371 e. The van der Waals surface area contributed by atoms with Crippen LogP contribution in [0.25, 0.3) is 0 Å². The van der Waals surface area contributed by atoms with E-state index in [0.29, 0.717) is 19.1 Å². The molecule has 0 amide bonds. The van der Waals surface area contributed by atoms with Crippen LogP contribution in [0.1, 0.15) is 56.2 Å². The SMILES string of the molecule is CCO[C@H](C)c1nccn1Cc1nc(C2CC2)n[nH]1. The van der Waals surface area contributed by atoms with Crippen LogP contribution < -0.4 is 0 Å². The predicted molar refractivity (Wildman–Crippen MR) is 69.7 cm³/mol. The largest absolute Gasteiger partial charge is 0.371 e. The van der Waals surface area contributed by atoms with Crippen LogP contribution in [0.15, 0.2) is 12.4 Å². The number of H-pyrrole nitrogens is 1. The second-order valence-electron chi connectivity index (χ2n) is 4.93. The van der Waals surface area contributed by atoms with Crippen LogP contribution >= 0.6 is 0 Å². The van der Waals surface area contributed by atoms with Gasteiger partial charge in [-0.3, -0.25) is 5.10 Å². The molecule has 0 spiro atoms. The number of imidazole rings is 1. The van der Waals surface area contributed by atoms with Gasteiger partial charge in [-0.2, -0.15) is 5.10 Å². The van der Waals surface area contributed by atoms with Crippen molar-refractivity contribution in [1.82, 2.24) is 24.7 Å². The molecular formula is C13H19N5O. The second-order valence-corrected chi connectivity index (χ2v) is 4.93. The van der Waals surface area contributed by atoms with Gasteiger partial charge < -0.3 is 9.30 Å². The molecule has 1 aliphatic rings. The number of ether oxygens (including phenoxy) is 1. The number of aromatic nitrogens is 5. The maximum Gasteiger partial charge on any atom is 0.153 e. The van der Waals surface area contributed by atoms with E-state index in [1.165, 1.54) is 12.8 Å². The molecule has 1 N–H and O–H groups in total. The summed E-state index contributed by atoms with van der Waals surface area (Å²) in [5, 5.41) is 7.28. The zero-order chi connectivity index (χ0) is 13.2. The number of aromatic amines is 1. The van der Waals surface area contributed by atoms with Crippen LogP contribution in [0.4, 0.5) is 0 Å². The van der Waals surface area contributed by atoms with Crippen molar-refractivity contribution >= 4 is 0 Å². The second kappa shape index (κ2) is 5.13. The third-order valence-electron chi connectivity index (χ3n) is 3.34. The van der Waals surface area contributed by atoms with Crippen LogP contribution in [0.2, 0.25) is 0 Å². The summed E-state index contributed by atoms with van der Waals surface area (Å²) in [5.41, 5.74) is 0. The molecule has 1 atom stereocenters. The average molecular weight is 261 g/mol. The fourth-order valence-electron chi connectivity index (χ4n) is 2.20. The van der Waals surface area contributed by atoms with Crippen LogP contribution in [0, 0.1) is 0 Å². The van der Waals surface area contributed by atoms with E-state index in [9.17, 15) is 0 Å². The molecule has 102 valence electrons. The van der Waals surface area contributed by atoms with Crippen molar-refractivity contribution in [3.05, 3.63) is 29.9 Å². The fourth-order valence-corrected chi connectivity index (χ4v) is 2.20. The Labute approximate surface area is 112 Å². The van der Waals surface area contributed by atoms with Crippen molar-refractivity contribution < 1.29 is 4.74 Å². The highest BCUT2D eigenvalue weighted by Crippen LogP contribution is 2.37. The van der Waals surface area contributed by atoms with Gasteiger partial charge in [-0.25, -0.2) is 9.97 Å². The summed E-state index contributed by atoms with van der Waals surface area (Å²) in [5.74, 6) is 3.33. The van der Waals surface area contributed by atoms with Crippen LogP contribution in [0.5, 0.6) is 0 Å². The minimum absolute atomic E-state index is 0.00850. The zero-order valence-electron chi connectivity index (χ0n) is 11.3. The molecule has 3 rings (SSSR count). The molecule has 0 unspecified atom stereocenters. The number of rotatable bonds is 6. The third kappa shape index (κ3) is 2.68. The highest BCUT2D eigenvalue weighted by Gasteiger charge is 2.27. The van der Waals surface area contributed by atoms with Crippen molar-refractivity contribution in [2.75, 3.05) is 6.61 Å². The van der Waals surface area contributed by atoms with Crippen LogP contribution in [-0.2, 0) is 11.3 Å². The van der Waals surface area contributed by atoms with Crippen LogP contribution in [0.3, 0.4) is 0 Å². The van der Waals surface area contributed by atoms with Crippen molar-refractivity contribution in [2.45, 2.75) is 45.3 Å². The standard InChI is InChI=1S/C13H19N5O/c1-3-19-9(2)13-14-6-7-18(13)8-11-15-12(17-16-11)10-4-5-10/h6-7,9-10H,3-5,8H2,1-2H3,(H,15,16,17)/t9-/m1/s1. The highest BCUT2D eigenvalue weighted by molar-refractivity contribution is 5.06. The summed E-state index contributed by atoms with van der Waals surface area (Å²) in [6.07, 6.45) is 6.17.